The predicted molar refractivity (Wildman–Crippen MR) is 158 cm³/mol. The number of hydrogen-bond donors (Lipinski definition) is 1. The van der Waals surface area contributed by atoms with Gasteiger partial charge in [-0.3, -0.25) is 24.2 Å². The van der Waals surface area contributed by atoms with Crippen LogP contribution in [0.25, 0.3) is 0 Å². The fraction of sp³-hybridized carbons (Fsp3) is 0.394. The van der Waals surface area contributed by atoms with Crippen molar-refractivity contribution in [3.8, 4) is 5.75 Å². The molecule has 10 heteroatoms. The van der Waals surface area contributed by atoms with Crippen molar-refractivity contribution in [2.75, 3.05) is 40.3 Å². The molecule has 4 amide bonds. The van der Waals surface area contributed by atoms with E-state index in [2.05, 4.69) is 4.90 Å². The average Bonchev–Trinajstić information content (AvgIpc) is 3.02. The van der Waals surface area contributed by atoms with Crippen molar-refractivity contribution in [3.63, 3.8) is 0 Å². The van der Waals surface area contributed by atoms with Crippen molar-refractivity contribution < 1.29 is 24.2 Å². The third kappa shape index (κ3) is 5.36. The zero-order chi connectivity index (χ0) is 30.3. The van der Waals surface area contributed by atoms with E-state index in [0.29, 0.717) is 25.4 Å². The van der Waals surface area contributed by atoms with Gasteiger partial charge in [0.1, 0.15) is 23.9 Å². The van der Waals surface area contributed by atoms with Gasteiger partial charge in [-0.2, -0.15) is 0 Å². The molecule has 3 aliphatic heterocycles. The Morgan fingerprint density at radius 1 is 0.860 bits per heavy atom. The van der Waals surface area contributed by atoms with Crippen LogP contribution in [0.15, 0.2) is 77.6 Å². The Labute approximate surface area is 250 Å². The molecule has 0 unspecified atom stereocenters. The molecule has 1 N–H and O–H groups in total. The van der Waals surface area contributed by atoms with Gasteiger partial charge in [-0.1, -0.05) is 48.5 Å². The number of imide groups is 2. The van der Waals surface area contributed by atoms with E-state index in [1.807, 2.05) is 53.1 Å². The topological polar surface area (TPSA) is 112 Å². The second kappa shape index (κ2) is 11.4. The number of benzene rings is 2. The van der Waals surface area contributed by atoms with Crippen LogP contribution in [0.2, 0.25) is 0 Å². The van der Waals surface area contributed by atoms with Crippen molar-refractivity contribution >= 4 is 17.8 Å². The summed E-state index contributed by atoms with van der Waals surface area (Å²) in [6.07, 6.45) is 0.287. The number of piperidine rings is 1. The number of aliphatic hydroxyl groups excluding tert-OH is 1. The Kier molecular flexibility index (Phi) is 7.66. The number of fused-ring (bicyclic) bond motifs is 4. The summed E-state index contributed by atoms with van der Waals surface area (Å²) in [5, 5.41) is 10.4. The summed E-state index contributed by atoms with van der Waals surface area (Å²) >= 11 is 0. The third-order valence-electron chi connectivity index (χ3n) is 9.07. The number of pyridine rings is 1. The molecule has 2 fully saturated rings. The number of rotatable bonds is 8. The molecule has 0 spiro atoms. The van der Waals surface area contributed by atoms with Gasteiger partial charge in [0.2, 0.25) is 11.8 Å². The van der Waals surface area contributed by atoms with Crippen LogP contribution in [0, 0.1) is 11.3 Å². The molecule has 0 saturated carbocycles. The minimum atomic E-state index is -1.49. The van der Waals surface area contributed by atoms with Gasteiger partial charge in [0.15, 0.2) is 0 Å². The van der Waals surface area contributed by atoms with E-state index in [1.54, 1.807) is 24.3 Å². The van der Waals surface area contributed by atoms with Gasteiger partial charge >= 0.3 is 6.03 Å². The minimum absolute atomic E-state index is 0.00137. The number of barbiturate groups is 1. The van der Waals surface area contributed by atoms with E-state index in [0.717, 1.165) is 33.0 Å². The number of amides is 4. The number of ether oxygens (including phenoxy) is 1. The van der Waals surface area contributed by atoms with Crippen LogP contribution in [0.3, 0.4) is 0 Å². The highest BCUT2D eigenvalue weighted by Gasteiger charge is 2.56. The van der Waals surface area contributed by atoms with Crippen LogP contribution in [-0.2, 0) is 22.6 Å². The van der Waals surface area contributed by atoms with E-state index in [1.165, 1.54) is 14.1 Å². The van der Waals surface area contributed by atoms with Gasteiger partial charge in [-0.15, -0.1) is 0 Å². The molecule has 10 nitrogen and oxygen atoms in total. The molecule has 6 rings (SSSR count). The van der Waals surface area contributed by atoms with Crippen molar-refractivity contribution in [1.29, 1.82) is 0 Å². The van der Waals surface area contributed by atoms with Crippen molar-refractivity contribution in [1.82, 2.24) is 19.3 Å². The summed E-state index contributed by atoms with van der Waals surface area (Å²) in [5.74, 6) is -0.140. The van der Waals surface area contributed by atoms with Gasteiger partial charge in [0.25, 0.3) is 5.56 Å². The standard InChI is InChI=1S/C33H36N4O6/c1-34-30(40)33(31(41)35(2)32(34)42,21-36-17-23-15-25(19-36)27-9-6-10-29(39)37(27)18-23)16-22-11-13-26(14-12-22)43-20-28(38)24-7-4-3-5-8-24/h3-14,23,25,28,38H,15-21H2,1-2H3/t23-,25+,28-/m0/s1. The first-order chi connectivity index (χ1) is 20.7. The Bertz CT molecular complexity index is 1560. The number of aliphatic hydroxyl groups is 1. The first-order valence-corrected chi connectivity index (χ1v) is 14.6. The van der Waals surface area contributed by atoms with Crippen LogP contribution >= 0.6 is 0 Å². The van der Waals surface area contributed by atoms with Gasteiger partial charge in [-0.05, 0) is 48.1 Å². The third-order valence-corrected chi connectivity index (χ3v) is 9.07. The molecule has 2 aromatic carbocycles. The lowest BCUT2D eigenvalue weighted by atomic mass is 9.75. The summed E-state index contributed by atoms with van der Waals surface area (Å²) in [6.45, 7) is 2.11. The summed E-state index contributed by atoms with van der Waals surface area (Å²) in [5.41, 5.74) is 1.00. The average molecular weight is 585 g/mol. The molecule has 2 bridgehead atoms. The van der Waals surface area contributed by atoms with E-state index in [9.17, 15) is 24.3 Å². The molecule has 1 aromatic heterocycles. The molecular formula is C33H36N4O6. The lowest BCUT2D eigenvalue weighted by Crippen LogP contribution is -2.67. The van der Waals surface area contributed by atoms with Crippen LogP contribution in [0.4, 0.5) is 4.79 Å². The van der Waals surface area contributed by atoms with E-state index in [-0.39, 0.29) is 37.0 Å². The highest BCUT2D eigenvalue weighted by atomic mass is 16.5. The molecule has 2 saturated heterocycles. The zero-order valence-electron chi connectivity index (χ0n) is 24.4. The fourth-order valence-corrected chi connectivity index (χ4v) is 6.98. The zero-order valence-corrected chi connectivity index (χ0v) is 24.4. The molecule has 224 valence electrons. The number of carbonyl (C=O) groups excluding carboxylic acids is 3. The maximum Gasteiger partial charge on any atom is 0.332 e. The summed E-state index contributed by atoms with van der Waals surface area (Å²) < 4.78 is 7.66. The molecule has 0 radical (unpaired) electrons. The maximum atomic E-state index is 13.9. The summed E-state index contributed by atoms with van der Waals surface area (Å²) in [4.78, 5) is 57.2. The highest BCUT2D eigenvalue weighted by Crippen LogP contribution is 2.39. The molecule has 0 aliphatic carbocycles. The van der Waals surface area contributed by atoms with Gasteiger partial charge < -0.3 is 19.3 Å². The Morgan fingerprint density at radius 2 is 1.56 bits per heavy atom. The van der Waals surface area contributed by atoms with Crippen LogP contribution in [-0.4, -0.2) is 82.6 Å². The minimum Gasteiger partial charge on any atom is -0.491 e. The highest BCUT2D eigenvalue weighted by molar-refractivity contribution is 6.19. The van der Waals surface area contributed by atoms with E-state index in [4.69, 9.17) is 4.74 Å². The normalized spacial score (nSPS) is 22.3. The Balaban J connectivity index is 1.23. The lowest BCUT2D eigenvalue weighted by molar-refractivity contribution is -0.159. The molecule has 3 aromatic rings. The number of urea groups is 1. The Hall–Kier alpha value is -4.28. The fourth-order valence-electron chi connectivity index (χ4n) is 6.98. The first kappa shape index (κ1) is 28.8. The largest absolute Gasteiger partial charge is 0.491 e. The number of carbonyl (C=O) groups is 3. The molecule has 3 aliphatic rings. The second-order valence-corrected chi connectivity index (χ2v) is 12.0. The monoisotopic (exact) mass is 584 g/mol. The molecule has 4 heterocycles. The number of likely N-dealkylation sites (tertiary alicyclic amines) is 1. The molecule has 3 atom stereocenters. The van der Waals surface area contributed by atoms with Crippen molar-refractivity contribution in [3.05, 3.63) is 100.0 Å². The quantitative estimate of drug-likeness (QED) is 0.405. The van der Waals surface area contributed by atoms with Crippen LogP contribution in [0.1, 0.15) is 35.3 Å². The molecular weight excluding hydrogens is 548 g/mol. The Morgan fingerprint density at radius 3 is 2.26 bits per heavy atom. The second-order valence-electron chi connectivity index (χ2n) is 12.0. The van der Waals surface area contributed by atoms with Gasteiger partial charge in [0, 0.05) is 58.0 Å². The van der Waals surface area contributed by atoms with E-state index >= 15 is 0 Å². The number of nitrogens with zero attached hydrogens (tertiary/aromatic N) is 4. The molecule has 43 heavy (non-hydrogen) atoms. The van der Waals surface area contributed by atoms with Crippen molar-refractivity contribution in [2.24, 2.45) is 11.3 Å². The summed E-state index contributed by atoms with van der Waals surface area (Å²) in [7, 11) is 2.84. The van der Waals surface area contributed by atoms with Crippen LogP contribution in [0.5, 0.6) is 5.75 Å². The van der Waals surface area contributed by atoms with Gasteiger partial charge in [-0.25, -0.2) is 4.79 Å². The number of hydrogen-bond acceptors (Lipinski definition) is 7. The van der Waals surface area contributed by atoms with Crippen LogP contribution < -0.4 is 10.3 Å². The van der Waals surface area contributed by atoms with Crippen molar-refractivity contribution in [2.45, 2.75) is 31.4 Å². The lowest BCUT2D eigenvalue weighted by Gasteiger charge is -2.48. The smallest absolute Gasteiger partial charge is 0.332 e. The SMILES string of the molecule is CN1C(=O)N(C)C(=O)C(Cc2ccc(OC[C@H](O)c3ccccc3)cc2)(CN2C[C@@H]3C[C@H](C2)c2cccc(=O)n2C3)C1=O. The van der Waals surface area contributed by atoms with Gasteiger partial charge in [0.05, 0.1) is 0 Å². The number of aromatic nitrogens is 1. The summed E-state index contributed by atoms with van der Waals surface area (Å²) in [6, 6.07) is 21.1. The first-order valence-electron chi connectivity index (χ1n) is 14.6. The predicted octanol–water partition coefficient (Wildman–Crippen LogP) is 2.66. The maximum absolute atomic E-state index is 13.9. The van der Waals surface area contributed by atoms with E-state index < -0.39 is 29.4 Å².